The van der Waals surface area contributed by atoms with Gasteiger partial charge in [0.05, 0.1) is 17.0 Å². The number of thiophene rings is 1. The second-order valence-corrected chi connectivity index (χ2v) is 10.4. The first-order chi connectivity index (χ1) is 14.3. The summed E-state index contributed by atoms with van der Waals surface area (Å²) in [5.74, 6) is 1.45. The number of benzene rings is 1. The highest BCUT2D eigenvalue weighted by atomic mass is 32.2. The van der Waals surface area contributed by atoms with E-state index in [2.05, 4.69) is 13.8 Å². The summed E-state index contributed by atoms with van der Waals surface area (Å²) in [5, 5.41) is 2.47. The Kier molecular flexibility index (Phi) is 6.02. The number of hydrogen-bond acceptors (Lipinski definition) is 5. The Bertz CT molecular complexity index is 1140. The van der Waals surface area contributed by atoms with Crippen LogP contribution in [0, 0.1) is 25.7 Å². The zero-order valence-corrected chi connectivity index (χ0v) is 19.5. The second kappa shape index (κ2) is 8.55. The predicted molar refractivity (Wildman–Crippen MR) is 125 cm³/mol. The van der Waals surface area contributed by atoms with Crippen molar-refractivity contribution >= 4 is 39.2 Å². The fourth-order valence-corrected chi connectivity index (χ4v) is 5.91. The van der Waals surface area contributed by atoms with Crippen molar-refractivity contribution in [2.24, 2.45) is 11.8 Å². The molecule has 4 rings (SSSR count). The molecule has 3 heterocycles. The summed E-state index contributed by atoms with van der Waals surface area (Å²) < 4.78 is 2.32. The van der Waals surface area contributed by atoms with Gasteiger partial charge in [-0.1, -0.05) is 37.7 Å². The summed E-state index contributed by atoms with van der Waals surface area (Å²) in [6.45, 7) is 10.0. The largest absolute Gasteiger partial charge is 0.341 e. The summed E-state index contributed by atoms with van der Waals surface area (Å²) in [6.07, 6.45) is 1.17. The molecule has 5 nitrogen and oxygen atoms in total. The molecule has 1 amide bonds. The zero-order valence-electron chi connectivity index (χ0n) is 17.8. The summed E-state index contributed by atoms with van der Waals surface area (Å²) in [4.78, 5) is 33.0. The topological polar surface area (TPSA) is 55.2 Å². The molecule has 3 aromatic rings. The lowest BCUT2D eigenvalue weighted by Gasteiger charge is -2.35. The van der Waals surface area contributed by atoms with Gasteiger partial charge >= 0.3 is 0 Å². The number of fused-ring (bicyclic) bond motifs is 1. The molecule has 0 bridgehead atoms. The molecule has 0 saturated carbocycles. The van der Waals surface area contributed by atoms with Crippen LogP contribution in [-0.2, 0) is 4.79 Å². The van der Waals surface area contributed by atoms with Gasteiger partial charge in [-0.25, -0.2) is 4.98 Å². The number of likely N-dealkylation sites (tertiary alicyclic amines) is 1. The quantitative estimate of drug-likeness (QED) is 0.436. The van der Waals surface area contributed by atoms with E-state index < -0.39 is 0 Å². The minimum atomic E-state index is -0.0705. The van der Waals surface area contributed by atoms with Crippen LogP contribution in [0.4, 0.5) is 0 Å². The maximum absolute atomic E-state index is 13.3. The van der Waals surface area contributed by atoms with Crippen LogP contribution in [0.3, 0.4) is 0 Å². The van der Waals surface area contributed by atoms with Crippen molar-refractivity contribution < 1.29 is 4.79 Å². The molecule has 2 atom stereocenters. The number of amides is 1. The van der Waals surface area contributed by atoms with E-state index in [0.29, 0.717) is 27.2 Å². The molecule has 1 fully saturated rings. The van der Waals surface area contributed by atoms with Gasteiger partial charge in [0, 0.05) is 13.1 Å². The molecule has 0 radical (unpaired) electrons. The van der Waals surface area contributed by atoms with Gasteiger partial charge in [-0.05, 0) is 60.7 Å². The van der Waals surface area contributed by atoms with Crippen molar-refractivity contribution in [3.05, 3.63) is 51.1 Å². The van der Waals surface area contributed by atoms with E-state index in [1.165, 1.54) is 29.5 Å². The lowest BCUT2D eigenvalue weighted by Crippen LogP contribution is -2.43. The van der Waals surface area contributed by atoms with Gasteiger partial charge in [0.15, 0.2) is 5.16 Å². The molecule has 158 valence electrons. The molecule has 0 N–H and O–H groups in total. The fraction of sp³-hybridized carbons (Fsp3) is 0.435. The molecule has 1 aliphatic heterocycles. The van der Waals surface area contributed by atoms with Crippen molar-refractivity contribution in [1.29, 1.82) is 0 Å². The summed E-state index contributed by atoms with van der Waals surface area (Å²) in [7, 11) is 0. The first-order valence-electron chi connectivity index (χ1n) is 10.3. The molecule has 2 unspecified atom stereocenters. The molecule has 2 aromatic heterocycles. The molecular weight excluding hydrogens is 414 g/mol. The highest BCUT2D eigenvalue weighted by Crippen LogP contribution is 2.27. The number of carbonyl (C=O) groups excluding carboxylic acids is 1. The number of aromatic nitrogens is 2. The molecule has 0 spiro atoms. The third-order valence-corrected chi connectivity index (χ3v) is 7.42. The Morgan fingerprint density at radius 2 is 1.93 bits per heavy atom. The standard InChI is InChI=1S/C23H27N3O2S2/c1-14-5-6-17(4)19(10-14)26-22(28)21-18(7-8-29-21)24-23(26)30-13-20(27)25-11-15(2)9-16(3)12-25/h5-8,10,15-16H,9,11-13H2,1-4H3. The minimum Gasteiger partial charge on any atom is -0.341 e. The average molecular weight is 442 g/mol. The lowest BCUT2D eigenvalue weighted by molar-refractivity contribution is -0.130. The maximum Gasteiger partial charge on any atom is 0.276 e. The third kappa shape index (κ3) is 4.18. The number of rotatable bonds is 4. The SMILES string of the molecule is Cc1ccc(C)c(-n2c(SCC(=O)N3CC(C)CC(C)C3)nc3ccsc3c2=O)c1. The van der Waals surface area contributed by atoms with Crippen LogP contribution in [0.15, 0.2) is 39.6 Å². The van der Waals surface area contributed by atoms with Crippen molar-refractivity contribution in [3.63, 3.8) is 0 Å². The molecule has 1 aromatic carbocycles. The normalized spacial score (nSPS) is 19.4. The van der Waals surface area contributed by atoms with Crippen LogP contribution in [0.1, 0.15) is 31.4 Å². The van der Waals surface area contributed by atoms with Crippen LogP contribution in [0.2, 0.25) is 0 Å². The van der Waals surface area contributed by atoms with Gasteiger partial charge in [-0.15, -0.1) is 11.3 Å². The summed E-state index contributed by atoms with van der Waals surface area (Å²) in [5.41, 5.74) is 3.54. The average Bonchev–Trinajstić information content (AvgIpc) is 3.16. The zero-order chi connectivity index (χ0) is 21.4. The Hall–Kier alpha value is -2.12. The molecule has 7 heteroatoms. The van der Waals surface area contributed by atoms with E-state index in [4.69, 9.17) is 4.98 Å². The lowest BCUT2D eigenvalue weighted by atomic mass is 9.92. The van der Waals surface area contributed by atoms with Gasteiger partial charge < -0.3 is 4.90 Å². The fourth-order valence-electron chi connectivity index (χ4n) is 4.25. The number of thioether (sulfide) groups is 1. The maximum atomic E-state index is 13.3. The second-order valence-electron chi connectivity index (χ2n) is 8.49. The van der Waals surface area contributed by atoms with Gasteiger partial charge in [-0.2, -0.15) is 0 Å². The van der Waals surface area contributed by atoms with Gasteiger partial charge in [0.25, 0.3) is 5.56 Å². The van der Waals surface area contributed by atoms with Gasteiger partial charge in [0.2, 0.25) is 5.91 Å². The first kappa shape index (κ1) is 21.1. The van der Waals surface area contributed by atoms with E-state index in [9.17, 15) is 9.59 Å². The molecule has 1 aliphatic rings. The molecule has 30 heavy (non-hydrogen) atoms. The Labute approximate surface area is 185 Å². The highest BCUT2D eigenvalue weighted by molar-refractivity contribution is 7.99. The van der Waals surface area contributed by atoms with Crippen molar-refractivity contribution in [2.75, 3.05) is 18.8 Å². The van der Waals surface area contributed by atoms with E-state index in [-0.39, 0.29) is 17.2 Å². The number of carbonyl (C=O) groups is 1. The Balaban J connectivity index is 1.69. The predicted octanol–water partition coefficient (Wildman–Crippen LogP) is 4.66. The van der Waals surface area contributed by atoms with E-state index in [1.54, 1.807) is 4.57 Å². The number of piperidine rings is 1. The molecule has 1 saturated heterocycles. The smallest absolute Gasteiger partial charge is 0.276 e. The van der Waals surface area contributed by atoms with Crippen LogP contribution in [0.25, 0.3) is 15.9 Å². The first-order valence-corrected chi connectivity index (χ1v) is 12.2. The van der Waals surface area contributed by atoms with E-state index in [0.717, 1.165) is 29.9 Å². The Morgan fingerprint density at radius 3 is 2.67 bits per heavy atom. The summed E-state index contributed by atoms with van der Waals surface area (Å²) >= 11 is 2.77. The number of nitrogens with zero attached hydrogens (tertiary/aromatic N) is 3. The monoisotopic (exact) mass is 441 g/mol. The third-order valence-electron chi connectivity index (χ3n) is 5.60. The summed E-state index contributed by atoms with van der Waals surface area (Å²) in [6, 6.07) is 7.94. The molecule has 0 aliphatic carbocycles. The van der Waals surface area contributed by atoms with Crippen molar-refractivity contribution in [2.45, 2.75) is 39.3 Å². The van der Waals surface area contributed by atoms with Crippen molar-refractivity contribution in [3.8, 4) is 5.69 Å². The van der Waals surface area contributed by atoms with Crippen molar-refractivity contribution in [1.82, 2.24) is 14.5 Å². The van der Waals surface area contributed by atoms with Crippen LogP contribution in [0.5, 0.6) is 0 Å². The number of aryl methyl sites for hydroxylation is 2. The minimum absolute atomic E-state index is 0.0705. The van der Waals surface area contributed by atoms with Crippen LogP contribution >= 0.6 is 23.1 Å². The van der Waals surface area contributed by atoms with E-state index in [1.807, 2.05) is 48.4 Å². The number of hydrogen-bond donors (Lipinski definition) is 0. The van der Waals surface area contributed by atoms with Crippen LogP contribution in [-0.4, -0.2) is 39.2 Å². The highest BCUT2D eigenvalue weighted by Gasteiger charge is 2.26. The van der Waals surface area contributed by atoms with Crippen LogP contribution < -0.4 is 5.56 Å². The van der Waals surface area contributed by atoms with Gasteiger partial charge in [0.1, 0.15) is 4.70 Å². The van der Waals surface area contributed by atoms with Gasteiger partial charge in [-0.3, -0.25) is 14.2 Å². The van der Waals surface area contributed by atoms with E-state index >= 15 is 0 Å². The Morgan fingerprint density at radius 1 is 1.20 bits per heavy atom. The molecular formula is C23H27N3O2S2.